The van der Waals surface area contributed by atoms with Crippen molar-refractivity contribution in [2.24, 2.45) is 0 Å². The molecule has 0 bridgehead atoms. The number of nitrogens with one attached hydrogen (secondary N) is 1. The predicted octanol–water partition coefficient (Wildman–Crippen LogP) is 1.71. The Morgan fingerprint density at radius 1 is 1.75 bits per heavy atom. The molecule has 4 heteroatoms. The number of aromatic nitrogens is 1. The molecule has 1 atom stereocenters. The van der Waals surface area contributed by atoms with Gasteiger partial charge in [-0.1, -0.05) is 6.08 Å². The average molecular weight is 219 g/mol. The lowest BCUT2D eigenvalue weighted by Gasteiger charge is -2.11. The summed E-state index contributed by atoms with van der Waals surface area (Å²) in [5.74, 6) is -0.0870. The van der Waals surface area contributed by atoms with Gasteiger partial charge in [-0.05, 0) is 25.8 Å². The van der Waals surface area contributed by atoms with E-state index in [1.807, 2.05) is 17.7 Å². The van der Waals surface area contributed by atoms with Crippen LogP contribution < -0.4 is 11.1 Å². The van der Waals surface area contributed by atoms with E-state index in [1.54, 1.807) is 12.1 Å². The van der Waals surface area contributed by atoms with E-state index in [4.69, 9.17) is 5.73 Å². The van der Waals surface area contributed by atoms with E-state index < -0.39 is 0 Å². The topological polar surface area (TPSA) is 60.1 Å². The fraction of sp³-hybridized carbons (Fsp3) is 0.417. The number of hydrogen-bond donors (Lipinski definition) is 2. The van der Waals surface area contributed by atoms with Crippen molar-refractivity contribution in [3.63, 3.8) is 0 Å². The summed E-state index contributed by atoms with van der Waals surface area (Å²) in [6.07, 6.45) is 5.80. The Kier molecular flexibility index (Phi) is 2.73. The maximum atomic E-state index is 11.9. The standard InChI is InChI=1S/C12H17N3O/c1-3-8(2)14-12(16)11-6-9(13)7-15(11)10-4-5-10/h3,6-8,10H,1,4-5,13H2,2H3,(H,14,16). The molecule has 1 amide bonds. The summed E-state index contributed by atoms with van der Waals surface area (Å²) in [7, 11) is 0. The van der Waals surface area contributed by atoms with E-state index >= 15 is 0 Å². The molecule has 1 aromatic heterocycles. The SMILES string of the molecule is C=CC(C)NC(=O)c1cc(N)cn1C1CC1. The van der Waals surface area contributed by atoms with Crippen LogP contribution in [-0.2, 0) is 0 Å². The maximum Gasteiger partial charge on any atom is 0.268 e. The van der Waals surface area contributed by atoms with E-state index in [1.165, 1.54) is 0 Å². The zero-order valence-electron chi connectivity index (χ0n) is 9.44. The van der Waals surface area contributed by atoms with E-state index in [-0.39, 0.29) is 11.9 Å². The summed E-state index contributed by atoms with van der Waals surface area (Å²) >= 11 is 0. The van der Waals surface area contributed by atoms with Crippen molar-refractivity contribution >= 4 is 11.6 Å². The molecule has 0 spiro atoms. The van der Waals surface area contributed by atoms with Crippen LogP contribution in [0, 0.1) is 0 Å². The Morgan fingerprint density at radius 2 is 2.44 bits per heavy atom. The Morgan fingerprint density at radius 3 is 3.00 bits per heavy atom. The highest BCUT2D eigenvalue weighted by molar-refractivity contribution is 5.94. The van der Waals surface area contributed by atoms with Crippen LogP contribution in [0.1, 0.15) is 36.3 Å². The summed E-state index contributed by atoms with van der Waals surface area (Å²) in [5.41, 5.74) is 7.01. The van der Waals surface area contributed by atoms with Gasteiger partial charge in [-0.2, -0.15) is 0 Å². The zero-order valence-corrected chi connectivity index (χ0v) is 9.44. The highest BCUT2D eigenvalue weighted by Crippen LogP contribution is 2.37. The number of hydrogen-bond acceptors (Lipinski definition) is 2. The van der Waals surface area contributed by atoms with Crippen molar-refractivity contribution in [3.05, 3.63) is 30.6 Å². The lowest BCUT2D eigenvalue weighted by molar-refractivity contribution is 0.0937. The van der Waals surface area contributed by atoms with E-state index in [0.29, 0.717) is 17.4 Å². The third-order valence-electron chi connectivity index (χ3n) is 2.75. The van der Waals surface area contributed by atoms with Crippen LogP contribution in [0.25, 0.3) is 0 Å². The summed E-state index contributed by atoms with van der Waals surface area (Å²) in [6, 6.07) is 2.15. The summed E-state index contributed by atoms with van der Waals surface area (Å²) < 4.78 is 1.97. The molecular formula is C12H17N3O. The Balaban J connectivity index is 2.18. The minimum absolute atomic E-state index is 0.0312. The van der Waals surface area contributed by atoms with Crippen LogP contribution >= 0.6 is 0 Å². The fourth-order valence-electron chi connectivity index (χ4n) is 1.68. The molecule has 86 valence electrons. The first-order chi connectivity index (χ1) is 7.61. The molecule has 3 N–H and O–H groups in total. The second-order valence-electron chi connectivity index (χ2n) is 4.29. The van der Waals surface area contributed by atoms with Crippen LogP contribution in [-0.4, -0.2) is 16.5 Å². The summed E-state index contributed by atoms with van der Waals surface area (Å²) in [5, 5.41) is 2.85. The number of rotatable bonds is 4. The van der Waals surface area contributed by atoms with Crippen molar-refractivity contribution < 1.29 is 4.79 Å². The van der Waals surface area contributed by atoms with Gasteiger partial charge in [0, 0.05) is 18.3 Å². The number of nitrogens with zero attached hydrogens (tertiary/aromatic N) is 1. The lowest BCUT2D eigenvalue weighted by Crippen LogP contribution is -2.32. The number of nitrogens with two attached hydrogens (primary N) is 1. The number of carbonyl (C=O) groups excluding carboxylic acids is 1. The molecule has 16 heavy (non-hydrogen) atoms. The van der Waals surface area contributed by atoms with Gasteiger partial charge in [0.2, 0.25) is 0 Å². The molecule has 4 nitrogen and oxygen atoms in total. The van der Waals surface area contributed by atoms with Crippen LogP contribution in [0.15, 0.2) is 24.9 Å². The molecular weight excluding hydrogens is 202 g/mol. The first-order valence-electron chi connectivity index (χ1n) is 5.52. The van der Waals surface area contributed by atoms with Crippen molar-refractivity contribution in [2.45, 2.75) is 31.8 Å². The number of amides is 1. The fourth-order valence-corrected chi connectivity index (χ4v) is 1.68. The Hall–Kier alpha value is -1.71. The predicted molar refractivity (Wildman–Crippen MR) is 64.2 cm³/mol. The van der Waals surface area contributed by atoms with Crippen molar-refractivity contribution in [2.75, 3.05) is 5.73 Å². The molecule has 0 aromatic carbocycles. The van der Waals surface area contributed by atoms with Gasteiger partial charge >= 0.3 is 0 Å². The molecule has 1 unspecified atom stereocenters. The van der Waals surface area contributed by atoms with Gasteiger partial charge in [0.1, 0.15) is 5.69 Å². The van der Waals surface area contributed by atoms with Gasteiger partial charge in [0.25, 0.3) is 5.91 Å². The Labute approximate surface area is 95.1 Å². The first kappa shape index (κ1) is 10.8. The monoisotopic (exact) mass is 219 g/mol. The van der Waals surface area contributed by atoms with Crippen LogP contribution in [0.2, 0.25) is 0 Å². The third kappa shape index (κ3) is 2.10. The van der Waals surface area contributed by atoms with Crippen LogP contribution in [0.4, 0.5) is 5.69 Å². The molecule has 0 aliphatic heterocycles. The third-order valence-corrected chi connectivity index (χ3v) is 2.75. The van der Waals surface area contributed by atoms with Gasteiger partial charge in [-0.15, -0.1) is 6.58 Å². The second-order valence-corrected chi connectivity index (χ2v) is 4.29. The lowest BCUT2D eigenvalue weighted by atomic mass is 10.3. The number of carbonyl (C=O) groups is 1. The normalized spacial score (nSPS) is 16.8. The number of anilines is 1. The molecule has 1 aromatic rings. The van der Waals surface area contributed by atoms with Crippen molar-refractivity contribution in [1.82, 2.24) is 9.88 Å². The average Bonchev–Trinajstić information content (AvgIpc) is 3.01. The molecule has 2 rings (SSSR count). The van der Waals surface area contributed by atoms with Gasteiger partial charge in [-0.25, -0.2) is 0 Å². The molecule has 1 heterocycles. The minimum Gasteiger partial charge on any atom is -0.397 e. The molecule has 0 radical (unpaired) electrons. The van der Waals surface area contributed by atoms with Crippen molar-refractivity contribution in [3.8, 4) is 0 Å². The zero-order chi connectivity index (χ0) is 11.7. The first-order valence-corrected chi connectivity index (χ1v) is 5.52. The molecule has 1 fully saturated rings. The highest BCUT2D eigenvalue weighted by Gasteiger charge is 2.27. The maximum absolute atomic E-state index is 11.9. The van der Waals surface area contributed by atoms with Gasteiger partial charge < -0.3 is 15.6 Å². The van der Waals surface area contributed by atoms with Crippen molar-refractivity contribution in [1.29, 1.82) is 0 Å². The van der Waals surface area contributed by atoms with Crippen LogP contribution in [0.3, 0.4) is 0 Å². The highest BCUT2D eigenvalue weighted by atomic mass is 16.2. The second kappa shape index (κ2) is 4.04. The van der Waals surface area contributed by atoms with Crippen LogP contribution in [0.5, 0.6) is 0 Å². The van der Waals surface area contributed by atoms with E-state index in [2.05, 4.69) is 11.9 Å². The largest absolute Gasteiger partial charge is 0.397 e. The molecule has 1 aliphatic carbocycles. The van der Waals surface area contributed by atoms with E-state index in [0.717, 1.165) is 12.8 Å². The van der Waals surface area contributed by atoms with Gasteiger partial charge in [-0.3, -0.25) is 4.79 Å². The quantitative estimate of drug-likeness (QED) is 0.757. The molecule has 1 aliphatic rings. The summed E-state index contributed by atoms with van der Waals surface area (Å²) in [4.78, 5) is 11.9. The van der Waals surface area contributed by atoms with Gasteiger partial charge in [0.15, 0.2) is 0 Å². The molecule has 0 saturated heterocycles. The minimum atomic E-state index is -0.0870. The molecule has 1 saturated carbocycles. The van der Waals surface area contributed by atoms with E-state index in [9.17, 15) is 4.79 Å². The summed E-state index contributed by atoms with van der Waals surface area (Å²) in [6.45, 7) is 5.52. The smallest absolute Gasteiger partial charge is 0.268 e. The Bertz CT molecular complexity index is 418. The number of nitrogen functional groups attached to an aromatic ring is 1. The van der Waals surface area contributed by atoms with Gasteiger partial charge in [0.05, 0.1) is 5.69 Å².